The summed E-state index contributed by atoms with van der Waals surface area (Å²) < 4.78 is 6.55. The lowest BCUT2D eigenvalue weighted by molar-refractivity contribution is -0.119. The third-order valence-electron chi connectivity index (χ3n) is 5.24. The Morgan fingerprint density at radius 2 is 1.76 bits per heavy atom. The van der Waals surface area contributed by atoms with Crippen molar-refractivity contribution in [1.82, 2.24) is 19.6 Å². The van der Waals surface area contributed by atoms with Crippen molar-refractivity contribution in [3.63, 3.8) is 0 Å². The van der Waals surface area contributed by atoms with E-state index < -0.39 is 11.5 Å². The van der Waals surface area contributed by atoms with E-state index in [1.54, 1.807) is 47.4 Å². The van der Waals surface area contributed by atoms with Crippen molar-refractivity contribution in [3.8, 4) is 0 Å². The normalized spacial score (nSPS) is 13.5. The van der Waals surface area contributed by atoms with E-state index in [9.17, 15) is 19.2 Å². The number of Topliss-reactive ketones (excluding diaryl/α,β-unsaturated/α-hetero) is 1. The first kappa shape index (κ1) is 22.2. The van der Waals surface area contributed by atoms with Gasteiger partial charge in [0.1, 0.15) is 5.69 Å². The number of pyridine rings is 1. The van der Waals surface area contributed by atoms with Crippen LogP contribution >= 0.6 is 0 Å². The number of ketones is 1. The number of hydrogen-bond donors (Lipinski definition) is 2. The number of anilines is 1. The van der Waals surface area contributed by atoms with Crippen molar-refractivity contribution in [1.29, 1.82) is 0 Å². The fraction of sp³-hybridized carbons (Fsp3) is 0.261. The van der Waals surface area contributed by atoms with Gasteiger partial charge in [-0.1, -0.05) is 30.3 Å². The maximum atomic E-state index is 12.9. The molecule has 1 fully saturated rings. The summed E-state index contributed by atoms with van der Waals surface area (Å²) in [6, 6.07) is 11.9. The van der Waals surface area contributed by atoms with E-state index in [0.29, 0.717) is 37.4 Å². The van der Waals surface area contributed by atoms with Crippen LogP contribution in [0.3, 0.4) is 0 Å². The van der Waals surface area contributed by atoms with E-state index >= 15 is 0 Å². The molecule has 2 N–H and O–H groups in total. The Morgan fingerprint density at radius 1 is 1.00 bits per heavy atom. The molecule has 0 bridgehead atoms. The minimum absolute atomic E-state index is 0.105. The minimum Gasteiger partial charge on any atom is -0.378 e. The van der Waals surface area contributed by atoms with Gasteiger partial charge in [-0.25, -0.2) is 4.98 Å². The van der Waals surface area contributed by atoms with Crippen molar-refractivity contribution >= 4 is 28.9 Å². The zero-order valence-corrected chi connectivity index (χ0v) is 17.8. The number of benzene rings is 1. The van der Waals surface area contributed by atoms with Gasteiger partial charge in [0.05, 0.1) is 38.1 Å². The Labute approximate surface area is 189 Å². The molecule has 10 heteroatoms. The van der Waals surface area contributed by atoms with Crippen molar-refractivity contribution < 1.29 is 19.1 Å². The number of ether oxygens (including phenoxy) is 1. The van der Waals surface area contributed by atoms with E-state index in [2.05, 4.69) is 15.6 Å². The highest BCUT2D eigenvalue weighted by atomic mass is 16.5. The standard InChI is InChI=1S/C23H23N5O5/c29-19(16-5-2-1-3-6-16)14-25-20(30)15-24-18-13-26-21-17(7-4-8-28(21)23(18)32)22(31)27-9-11-33-12-10-27/h1-8,13,24H,9-12,14-15H2,(H,25,30). The van der Waals surface area contributed by atoms with Crippen LogP contribution in [0.25, 0.3) is 5.65 Å². The number of nitrogens with zero attached hydrogens (tertiary/aromatic N) is 3. The van der Waals surface area contributed by atoms with Crippen LogP contribution in [0, 0.1) is 0 Å². The van der Waals surface area contributed by atoms with Crippen LogP contribution in [0.2, 0.25) is 0 Å². The summed E-state index contributed by atoms with van der Waals surface area (Å²) in [5.41, 5.74) is 0.727. The Bertz CT molecular complexity index is 1230. The van der Waals surface area contributed by atoms with Crippen LogP contribution in [0.4, 0.5) is 5.69 Å². The number of hydrogen-bond acceptors (Lipinski definition) is 7. The fourth-order valence-electron chi connectivity index (χ4n) is 3.47. The van der Waals surface area contributed by atoms with Gasteiger partial charge >= 0.3 is 0 Å². The van der Waals surface area contributed by atoms with Gasteiger partial charge in [0.15, 0.2) is 11.4 Å². The molecule has 4 rings (SSSR count). The highest BCUT2D eigenvalue weighted by molar-refractivity contribution is 6.00. The molecule has 1 saturated heterocycles. The molecule has 0 radical (unpaired) electrons. The summed E-state index contributed by atoms with van der Waals surface area (Å²) in [4.78, 5) is 55.9. The molecule has 0 unspecified atom stereocenters. The van der Waals surface area contributed by atoms with E-state index in [1.807, 2.05) is 0 Å². The molecule has 0 atom stereocenters. The quantitative estimate of drug-likeness (QED) is 0.506. The molecule has 0 aliphatic carbocycles. The SMILES string of the molecule is O=C(CNc1cnc2c(C(=O)N3CCOCC3)cccn2c1=O)NCC(=O)c1ccccc1. The summed E-state index contributed by atoms with van der Waals surface area (Å²) in [6.45, 7) is 1.54. The van der Waals surface area contributed by atoms with Gasteiger partial charge in [-0.2, -0.15) is 0 Å². The largest absolute Gasteiger partial charge is 0.378 e. The van der Waals surface area contributed by atoms with E-state index in [4.69, 9.17) is 4.74 Å². The summed E-state index contributed by atoms with van der Waals surface area (Å²) >= 11 is 0. The molecule has 10 nitrogen and oxygen atoms in total. The lowest BCUT2D eigenvalue weighted by Gasteiger charge is -2.27. The van der Waals surface area contributed by atoms with Crippen LogP contribution in [0.1, 0.15) is 20.7 Å². The number of carbonyl (C=O) groups is 3. The van der Waals surface area contributed by atoms with Gasteiger partial charge in [-0.05, 0) is 12.1 Å². The first-order chi connectivity index (χ1) is 16.0. The summed E-state index contributed by atoms with van der Waals surface area (Å²) in [5, 5.41) is 5.28. The van der Waals surface area contributed by atoms with Crippen LogP contribution in [0.15, 0.2) is 59.7 Å². The Kier molecular flexibility index (Phi) is 6.75. The second kappa shape index (κ2) is 10.0. The van der Waals surface area contributed by atoms with Crippen molar-refractivity contribution in [2.24, 2.45) is 0 Å². The molecular formula is C23H23N5O5. The van der Waals surface area contributed by atoms with Gasteiger partial charge in [-0.15, -0.1) is 0 Å². The monoisotopic (exact) mass is 449 g/mol. The lowest BCUT2D eigenvalue weighted by Crippen LogP contribution is -2.41. The number of aromatic nitrogens is 2. The molecule has 0 saturated carbocycles. The highest BCUT2D eigenvalue weighted by Gasteiger charge is 2.22. The van der Waals surface area contributed by atoms with Crippen LogP contribution in [-0.4, -0.2) is 71.3 Å². The zero-order chi connectivity index (χ0) is 23.2. The van der Waals surface area contributed by atoms with Crippen molar-refractivity contribution in [2.75, 3.05) is 44.7 Å². The van der Waals surface area contributed by atoms with Gasteiger partial charge < -0.3 is 20.3 Å². The Hall–Kier alpha value is -4.05. The Morgan fingerprint density at radius 3 is 2.52 bits per heavy atom. The molecule has 2 aromatic heterocycles. The number of rotatable bonds is 7. The van der Waals surface area contributed by atoms with E-state index in [1.165, 1.54) is 16.8 Å². The smallest absolute Gasteiger partial charge is 0.281 e. The molecule has 1 aromatic carbocycles. The van der Waals surface area contributed by atoms with Crippen LogP contribution < -0.4 is 16.2 Å². The fourth-order valence-corrected chi connectivity index (χ4v) is 3.47. The van der Waals surface area contributed by atoms with Crippen molar-refractivity contribution in [2.45, 2.75) is 0 Å². The van der Waals surface area contributed by atoms with Gasteiger partial charge in [0.2, 0.25) is 5.91 Å². The predicted octanol–water partition coefficient (Wildman–Crippen LogP) is 0.578. The molecule has 170 valence electrons. The molecule has 1 aliphatic heterocycles. The van der Waals surface area contributed by atoms with E-state index in [-0.39, 0.29) is 36.1 Å². The Balaban J connectivity index is 1.42. The molecule has 3 heterocycles. The molecule has 0 spiro atoms. The summed E-state index contributed by atoms with van der Waals surface area (Å²) in [6.07, 6.45) is 2.82. The van der Waals surface area contributed by atoms with E-state index in [0.717, 1.165) is 0 Å². The summed E-state index contributed by atoms with van der Waals surface area (Å²) in [5.74, 6) is -0.875. The third kappa shape index (κ3) is 5.07. The van der Waals surface area contributed by atoms with Gasteiger partial charge in [0.25, 0.3) is 11.5 Å². The van der Waals surface area contributed by atoms with Crippen LogP contribution in [0.5, 0.6) is 0 Å². The molecule has 3 aromatic rings. The zero-order valence-electron chi connectivity index (χ0n) is 17.8. The number of carbonyl (C=O) groups excluding carboxylic acids is 3. The maximum Gasteiger partial charge on any atom is 0.281 e. The average molecular weight is 449 g/mol. The van der Waals surface area contributed by atoms with Gasteiger partial charge in [0, 0.05) is 24.8 Å². The number of morpholine rings is 1. The number of amides is 2. The second-order valence-corrected chi connectivity index (χ2v) is 7.42. The average Bonchev–Trinajstić information content (AvgIpc) is 2.87. The maximum absolute atomic E-state index is 12.9. The first-order valence-electron chi connectivity index (χ1n) is 10.5. The predicted molar refractivity (Wildman–Crippen MR) is 120 cm³/mol. The molecular weight excluding hydrogens is 426 g/mol. The second-order valence-electron chi connectivity index (χ2n) is 7.42. The number of fused-ring (bicyclic) bond motifs is 1. The lowest BCUT2D eigenvalue weighted by atomic mass is 10.1. The van der Waals surface area contributed by atoms with Crippen molar-refractivity contribution in [3.05, 3.63) is 76.3 Å². The minimum atomic E-state index is -0.444. The first-order valence-corrected chi connectivity index (χ1v) is 10.5. The molecule has 33 heavy (non-hydrogen) atoms. The summed E-state index contributed by atoms with van der Waals surface area (Å²) in [7, 11) is 0. The third-order valence-corrected chi connectivity index (χ3v) is 5.24. The topological polar surface area (TPSA) is 122 Å². The molecule has 2 amide bonds. The van der Waals surface area contributed by atoms with Gasteiger partial charge in [-0.3, -0.25) is 23.6 Å². The highest BCUT2D eigenvalue weighted by Crippen LogP contribution is 2.13. The molecule has 1 aliphatic rings. The number of nitrogens with one attached hydrogen (secondary N) is 2. The van der Waals surface area contributed by atoms with Crippen LogP contribution in [-0.2, 0) is 9.53 Å².